The van der Waals surface area contributed by atoms with E-state index in [0.717, 1.165) is 5.56 Å². The third-order valence-electron chi connectivity index (χ3n) is 2.36. The Morgan fingerprint density at radius 3 is 2.35 bits per heavy atom. The largest absolute Gasteiger partial charge is 0.439 e. The van der Waals surface area contributed by atoms with Crippen molar-refractivity contribution < 1.29 is 14.3 Å². The second-order valence-electron chi connectivity index (χ2n) is 5.42. The number of hydrogen-bond acceptors (Lipinski definition) is 3. The number of benzene rings is 1. The van der Waals surface area contributed by atoms with Gasteiger partial charge in [0.25, 0.3) is 0 Å². The van der Waals surface area contributed by atoms with Crippen molar-refractivity contribution in [3.05, 3.63) is 35.9 Å². The van der Waals surface area contributed by atoms with Crippen LogP contribution in [0, 0.1) is 0 Å². The Bertz CT molecular complexity index is 454. The lowest BCUT2D eigenvalue weighted by molar-refractivity contribution is 0.0914. The topological polar surface area (TPSA) is 93.4 Å². The standard InChI is InChI=1S/C14H21N3O3/c1-14(2,3)17-13(19)20-11(9-16-12(15)18)10-7-5-4-6-8-10/h4-8,11H,9H2,1-3H3,(H,17,19)(H3,15,16,18)/t11-/m0/s1. The second-order valence-corrected chi connectivity index (χ2v) is 5.42. The van der Waals surface area contributed by atoms with Crippen LogP contribution in [0.3, 0.4) is 0 Å². The summed E-state index contributed by atoms with van der Waals surface area (Å²) in [5.74, 6) is 0. The van der Waals surface area contributed by atoms with Gasteiger partial charge in [0.05, 0.1) is 6.54 Å². The molecule has 6 nitrogen and oxygen atoms in total. The van der Waals surface area contributed by atoms with Crippen molar-refractivity contribution >= 4 is 12.1 Å². The first kappa shape index (κ1) is 15.8. The van der Waals surface area contributed by atoms with Crippen molar-refractivity contribution in [3.63, 3.8) is 0 Å². The van der Waals surface area contributed by atoms with Crippen molar-refractivity contribution in [2.24, 2.45) is 5.73 Å². The Morgan fingerprint density at radius 1 is 1.25 bits per heavy atom. The minimum Gasteiger partial charge on any atom is -0.439 e. The summed E-state index contributed by atoms with van der Waals surface area (Å²) in [6.07, 6.45) is -1.14. The third kappa shape index (κ3) is 6.08. The fraction of sp³-hybridized carbons (Fsp3) is 0.429. The zero-order valence-corrected chi connectivity index (χ0v) is 12.0. The molecular weight excluding hydrogens is 258 g/mol. The highest BCUT2D eigenvalue weighted by atomic mass is 16.6. The fourth-order valence-corrected chi connectivity index (χ4v) is 1.55. The molecule has 1 atom stereocenters. The van der Waals surface area contributed by atoms with Crippen molar-refractivity contribution in [1.82, 2.24) is 10.6 Å². The van der Waals surface area contributed by atoms with E-state index in [1.54, 1.807) is 0 Å². The molecule has 0 saturated heterocycles. The number of amides is 3. The number of carbonyl (C=O) groups is 2. The number of nitrogens with one attached hydrogen (secondary N) is 2. The first-order chi connectivity index (χ1) is 9.28. The Balaban J connectivity index is 2.73. The average molecular weight is 279 g/mol. The van der Waals surface area contributed by atoms with Gasteiger partial charge in [-0.2, -0.15) is 0 Å². The number of hydrogen-bond donors (Lipinski definition) is 3. The van der Waals surface area contributed by atoms with Crippen LogP contribution in [0.2, 0.25) is 0 Å². The smallest absolute Gasteiger partial charge is 0.408 e. The van der Waals surface area contributed by atoms with E-state index in [-0.39, 0.29) is 6.54 Å². The Morgan fingerprint density at radius 2 is 1.85 bits per heavy atom. The molecule has 20 heavy (non-hydrogen) atoms. The molecule has 0 aliphatic heterocycles. The summed E-state index contributed by atoms with van der Waals surface area (Å²) in [6, 6.07) is 8.49. The summed E-state index contributed by atoms with van der Waals surface area (Å²) < 4.78 is 5.34. The number of ether oxygens (including phenoxy) is 1. The molecule has 1 aromatic rings. The molecule has 0 spiro atoms. The summed E-state index contributed by atoms with van der Waals surface area (Å²) >= 11 is 0. The van der Waals surface area contributed by atoms with E-state index >= 15 is 0 Å². The third-order valence-corrected chi connectivity index (χ3v) is 2.36. The van der Waals surface area contributed by atoms with Gasteiger partial charge in [-0.1, -0.05) is 30.3 Å². The van der Waals surface area contributed by atoms with E-state index in [1.807, 2.05) is 51.1 Å². The molecule has 110 valence electrons. The van der Waals surface area contributed by atoms with E-state index in [4.69, 9.17) is 10.5 Å². The van der Waals surface area contributed by atoms with E-state index in [1.165, 1.54) is 0 Å². The monoisotopic (exact) mass is 279 g/mol. The number of alkyl carbamates (subject to hydrolysis) is 1. The van der Waals surface area contributed by atoms with Crippen LogP contribution in [0.1, 0.15) is 32.4 Å². The number of urea groups is 1. The molecular formula is C14H21N3O3. The highest BCUT2D eigenvalue weighted by Gasteiger charge is 2.20. The van der Waals surface area contributed by atoms with Gasteiger partial charge in [0.1, 0.15) is 6.10 Å². The van der Waals surface area contributed by atoms with E-state index < -0.39 is 23.8 Å². The lowest BCUT2D eigenvalue weighted by Crippen LogP contribution is -2.42. The minimum absolute atomic E-state index is 0.122. The zero-order valence-electron chi connectivity index (χ0n) is 12.0. The summed E-state index contributed by atoms with van der Waals surface area (Å²) in [5, 5.41) is 5.15. The molecule has 3 amide bonds. The summed E-state index contributed by atoms with van der Waals surface area (Å²) in [7, 11) is 0. The molecule has 0 fully saturated rings. The van der Waals surface area contributed by atoms with Gasteiger partial charge in [-0.25, -0.2) is 9.59 Å². The highest BCUT2D eigenvalue weighted by molar-refractivity contribution is 5.72. The SMILES string of the molecule is CC(C)(C)NC(=O)O[C@@H](CNC(N)=O)c1ccccc1. The van der Waals surface area contributed by atoms with E-state index in [9.17, 15) is 9.59 Å². The average Bonchev–Trinajstić information content (AvgIpc) is 2.33. The maximum atomic E-state index is 11.8. The molecule has 1 aromatic carbocycles. The van der Waals surface area contributed by atoms with Crippen molar-refractivity contribution in [2.75, 3.05) is 6.54 Å². The van der Waals surface area contributed by atoms with Crippen LogP contribution in [0.4, 0.5) is 9.59 Å². The van der Waals surface area contributed by atoms with E-state index in [0.29, 0.717) is 0 Å². The van der Waals surface area contributed by atoms with Crippen LogP contribution in [0.25, 0.3) is 0 Å². The van der Waals surface area contributed by atoms with Gasteiger partial charge in [-0.05, 0) is 26.3 Å². The predicted octanol–water partition coefficient (Wildman–Crippen LogP) is 1.92. The van der Waals surface area contributed by atoms with Gasteiger partial charge >= 0.3 is 12.1 Å². The fourth-order valence-electron chi connectivity index (χ4n) is 1.55. The molecule has 0 aromatic heterocycles. The van der Waals surface area contributed by atoms with Crippen molar-refractivity contribution in [2.45, 2.75) is 32.4 Å². The Kier molecular flexibility index (Phi) is 5.37. The summed E-state index contributed by atoms with van der Waals surface area (Å²) in [5.41, 5.74) is 5.43. The maximum Gasteiger partial charge on any atom is 0.408 e. The van der Waals surface area contributed by atoms with Gasteiger partial charge in [-0.3, -0.25) is 0 Å². The molecule has 0 aliphatic carbocycles. The van der Waals surface area contributed by atoms with Gasteiger partial charge in [0.2, 0.25) is 0 Å². The van der Waals surface area contributed by atoms with Gasteiger partial charge in [0, 0.05) is 5.54 Å². The number of primary amides is 1. The highest BCUT2D eigenvalue weighted by Crippen LogP contribution is 2.17. The summed E-state index contributed by atoms with van der Waals surface area (Å²) in [4.78, 5) is 22.6. The van der Waals surface area contributed by atoms with Crippen molar-refractivity contribution in [1.29, 1.82) is 0 Å². The predicted molar refractivity (Wildman–Crippen MR) is 76.1 cm³/mol. The molecule has 0 bridgehead atoms. The molecule has 0 radical (unpaired) electrons. The van der Waals surface area contributed by atoms with Crippen LogP contribution in [0.15, 0.2) is 30.3 Å². The molecule has 0 unspecified atom stereocenters. The number of nitrogens with two attached hydrogens (primary N) is 1. The lowest BCUT2D eigenvalue weighted by Gasteiger charge is -2.24. The Labute approximate surface area is 118 Å². The van der Waals surface area contributed by atoms with Crippen LogP contribution >= 0.6 is 0 Å². The van der Waals surface area contributed by atoms with E-state index in [2.05, 4.69) is 10.6 Å². The molecule has 0 saturated carbocycles. The zero-order chi connectivity index (χ0) is 15.2. The minimum atomic E-state index is -0.661. The van der Waals surface area contributed by atoms with Crippen LogP contribution in [-0.2, 0) is 4.74 Å². The molecule has 0 heterocycles. The number of rotatable bonds is 4. The van der Waals surface area contributed by atoms with Crippen molar-refractivity contribution in [3.8, 4) is 0 Å². The first-order valence-corrected chi connectivity index (χ1v) is 6.35. The second kappa shape index (κ2) is 6.79. The molecule has 4 N–H and O–H groups in total. The lowest BCUT2D eigenvalue weighted by atomic mass is 10.1. The van der Waals surface area contributed by atoms with Crippen LogP contribution in [-0.4, -0.2) is 24.2 Å². The van der Waals surface area contributed by atoms with Gasteiger partial charge in [0.15, 0.2) is 0 Å². The maximum absolute atomic E-state index is 11.8. The summed E-state index contributed by atoms with van der Waals surface area (Å²) in [6.45, 7) is 5.69. The quantitative estimate of drug-likeness (QED) is 0.786. The molecule has 0 aliphatic rings. The van der Waals surface area contributed by atoms with Crippen LogP contribution in [0.5, 0.6) is 0 Å². The van der Waals surface area contributed by atoms with Gasteiger partial charge < -0.3 is 21.1 Å². The van der Waals surface area contributed by atoms with Gasteiger partial charge in [-0.15, -0.1) is 0 Å². The molecule has 1 rings (SSSR count). The van der Waals surface area contributed by atoms with Crippen LogP contribution < -0.4 is 16.4 Å². The number of carbonyl (C=O) groups excluding carboxylic acids is 2. The molecule has 6 heteroatoms. The normalized spacial score (nSPS) is 12.3. The first-order valence-electron chi connectivity index (χ1n) is 6.35. The Hall–Kier alpha value is -2.24.